The van der Waals surface area contributed by atoms with E-state index in [9.17, 15) is 9.59 Å². The van der Waals surface area contributed by atoms with Crippen molar-refractivity contribution >= 4 is 40.6 Å². The van der Waals surface area contributed by atoms with E-state index in [-0.39, 0.29) is 17.6 Å². The van der Waals surface area contributed by atoms with E-state index in [0.717, 1.165) is 36.5 Å². The number of aliphatic imine (C=N–C) groups is 1. The zero-order chi connectivity index (χ0) is 23.5. The molecule has 1 atom stereocenters. The summed E-state index contributed by atoms with van der Waals surface area (Å²) in [7, 11) is 0. The van der Waals surface area contributed by atoms with Crippen LogP contribution in [0.5, 0.6) is 0 Å². The van der Waals surface area contributed by atoms with Gasteiger partial charge in [-0.1, -0.05) is 18.2 Å². The first kappa shape index (κ1) is 22.2. The number of ether oxygens (including phenoxy) is 1. The first-order chi connectivity index (χ1) is 16.6. The quantitative estimate of drug-likeness (QED) is 0.512. The van der Waals surface area contributed by atoms with Crippen LogP contribution in [0.25, 0.3) is 11.8 Å². The van der Waals surface area contributed by atoms with E-state index in [2.05, 4.69) is 0 Å². The number of nitrogens with zero attached hydrogens (tertiary/aromatic N) is 3. The summed E-state index contributed by atoms with van der Waals surface area (Å²) < 4.78 is 7.70. The first-order valence-corrected chi connectivity index (χ1v) is 11.9. The van der Waals surface area contributed by atoms with Crippen molar-refractivity contribution in [2.45, 2.75) is 18.9 Å². The van der Waals surface area contributed by atoms with Gasteiger partial charge < -0.3 is 14.4 Å². The molecule has 0 unspecified atom stereocenters. The summed E-state index contributed by atoms with van der Waals surface area (Å²) in [5.74, 6) is -1.06. The van der Waals surface area contributed by atoms with Crippen LogP contribution in [-0.4, -0.2) is 50.9 Å². The SMILES string of the molecule is O=C(O)c1ccc(-n2cccc2/C=C2\SC(=Nc3ccccc3)N(C[C@H]3CCCO3)C2=O)cc1. The molecule has 0 spiro atoms. The Labute approximate surface area is 201 Å². The van der Waals surface area contributed by atoms with Crippen LogP contribution in [0.4, 0.5) is 5.69 Å². The van der Waals surface area contributed by atoms with E-state index in [1.807, 2.05) is 59.3 Å². The first-order valence-electron chi connectivity index (χ1n) is 11.1. The molecule has 34 heavy (non-hydrogen) atoms. The number of amidine groups is 1. The van der Waals surface area contributed by atoms with Gasteiger partial charge in [-0.15, -0.1) is 0 Å². The van der Waals surface area contributed by atoms with Crippen molar-refractivity contribution in [2.75, 3.05) is 13.2 Å². The van der Waals surface area contributed by atoms with E-state index in [4.69, 9.17) is 14.8 Å². The van der Waals surface area contributed by atoms with Crippen molar-refractivity contribution in [2.24, 2.45) is 4.99 Å². The number of amides is 1. The number of carboxylic acid groups (broad SMARTS) is 1. The molecule has 1 aromatic heterocycles. The second kappa shape index (κ2) is 9.70. The predicted octanol–water partition coefficient (Wildman–Crippen LogP) is 4.96. The van der Waals surface area contributed by atoms with E-state index < -0.39 is 5.97 Å². The monoisotopic (exact) mass is 473 g/mol. The lowest BCUT2D eigenvalue weighted by Gasteiger charge is -2.19. The average molecular weight is 474 g/mol. The van der Waals surface area contributed by atoms with E-state index in [0.29, 0.717) is 16.6 Å². The van der Waals surface area contributed by atoms with Crippen LogP contribution in [0, 0.1) is 0 Å². The number of benzene rings is 2. The third kappa shape index (κ3) is 4.69. The maximum Gasteiger partial charge on any atom is 0.335 e. The van der Waals surface area contributed by atoms with Crippen molar-refractivity contribution in [3.05, 3.63) is 89.1 Å². The second-order valence-electron chi connectivity index (χ2n) is 8.05. The lowest BCUT2D eigenvalue weighted by molar-refractivity contribution is -0.123. The van der Waals surface area contributed by atoms with Crippen LogP contribution in [0.15, 0.2) is 82.8 Å². The Bertz CT molecular complexity index is 1260. The number of carbonyl (C=O) groups is 2. The highest BCUT2D eigenvalue weighted by atomic mass is 32.2. The lowest BCUT2D eigenvalue weighted by atomic mass is 10.2. The van der Waals surface area contributed by atoms with Crippen LogP contribution in [-0.2, 0) is 9.53 Å². The third-order valence-corrected chi connectivity index (χ3v) is 6.74. The zero-order valence-electron chi connectivity index (χ0n) is 18.3. The van der Waals surface area contributed by atoms with Gasteiger partial charge in [0.2, 0.25) is 0 Å². The van der Waals surface area contributed by atoms with Crippen molar-refractivity contribution in [3.8, 4) is 5.69 Å². The number of carbonyl (C=O) groups excluding carboxylic acids is 1. The molecular weight excluding hydrogens is 450 g/mol. The zero-order valence-corrected chi connectivity index (χ0v) is 19.1. The number of rotatable bonds is 6. The van der Waals surface area contributed by atoms with Crippen LogP contribution in [0.3, 0.4) is 0 Å². The van der Waals surface area contributed by atoms with Gasteiger partial charge in [0.1, 0.15) is 0 Å². The highest BCUT2D eigenvalue weighted by Gasteiger charge is 2.36. The summed E-state index contributed by atoms with van der Waals surface area (Å²) in [6, 6.07) is 20.1. The smallest absolute Gasteiger partial charge is 0.335 e. The van der Waals surface area contributed by atoms with Gasteiger partial charge in [0, 0.05) is 24.2 Å². The second-order valence-corrected chi connectivity index (χ2v) is 9.06. The molecular formula is C26H23N3O4S. The molecule has 2 fully saturated rings. The number of aromatic nitrogens is 1. The largest absolute Gasteiger partial charge is 0.478 e. The predicted molar refractivity (Wildman–Crippen MR) is 133 cm³/mol. The Kier molecular flexibility index (Phi) is 6.33. The molecule has 1 N–H and O–H groups in total. The van der Waals surface area contributed by atoms with E-state index in [1.54, 1.807) is 29.2 Å². The normalized spacial score (nSPS) is 20.5. The molecule has 0 aliphatic carbocycles. The maximum atomic E-state index is 13.4. The van der Waals surface area contributed by atoms with Gasteiger partial charge >= 0.3 is 5.97 Å². The van der Waals surface area contributed by atoms with Crippen LogP contribution < -0.4 is 0 Å². The molecule has 0 saturated carbocycles. The van der Waals surface area contributed by atoms with E-state index in [1.165, 1.54) is 11.8 Å². The Hall–Kier alpha value is -3.62. The maximum absolute atomic E-state index is 13.4. The molecule has 7 nitrogen and oxygen atoms in total. The minimum absolute atomic E-state index is 0.0153. The summed E-state index contributed by atoms with van der Waals surface area (Å²) in [5.41, 5.74) is 2.64. The Morgan fingerprint density at radius 3 is 2.62 bits per heavy atom. The van der Waals surface area contributed by atoms with Crippen molar-refractivity contribution in [1.82, 2.24) is 9.47 Å². The number of para-hydroxylation sites is 1. The Morgan fingerprint density at radius 2 is 1.91 bits per heavy atom. The fraction of sp³-hybridized carbons (Fsp3) is 0.192. The highest BCUT2D eigenvalue weighted by Crippen LogP contribution is 2.35. The lowest BCUT2D eigenvalue weighted by Crippen LogP contribution is -2.36. The van der Waals surface area contributed by atoms with Gasteiger partial charge in [0.05, 0.1) is 28.8 Å². The molecule has 0 bridgehead atoms. The van der Waals surface area contributed by atoms with Gasteiger partial charge in [0.15, 0.2) is 5.17 Å². The molecule has 3 heterocycles. The summed E-state index contributed by atoms with van der Waals surface area (Å²) in [4.78, 5) is 31.6. The molecule has 2 aliphatic rings. The number of carboxylic acids is 1. The molecule has 8 heteroatoms. The topological polar surface area (TPSA) is 84.1 Å². The van der Waals surface area contributed by atoms with Crippen LogP contribution in [0.1, 0.15) is 28.9 Å². The summed E-state index contributed by atoms with van der Waals surface area (Å²) >= 11 is 1.35. The Balaban J connectivity index is 1.46. The standard InChI is InChI=1S/C26H23N3O4S/c30-24-23(16-21-8-4-14-28(21)20-12-10-18(11-13-20)25(31)32)34-26(27-19-6-2-1-3-7-19)29(24)17-22-9-5-15-33-22/h1-4,6-8,10-14,16,22H,5,9,15,17H2,(H,31,32)/b23-16-,27-26?/t22-/m1/s1. The molecule has 0 radical (unpaired) electrons. The van der Waals surface area contributed by atoms with Gasteiger partial charge in [0.25, 0.3) is 5.91 Å². The van der Waals surface area contributed by atoms with Gasteiger partial charge in [-0.2, -0.15) is 0 Å². The Morgan fingerprint density at radius 1 is 1.12 bits per heavy atom. The molecule has 2 aromatic carbocycles. The fourth-order valence-electron chi connectivity index (χ4n) is 4.00. The molecule has 5 rings (SSSR count). The number of hydrogen-bond donors (Lipinski definition) is 1. The fourth-order valence-corrected chi connectivity index (χ4v) is 5.00. The minimum Gasteiger partial charge on any atom is -0.478 e. The minimum atomic E-state index is -0.967. The number of hydrogen-bond acceptors (Lipinski definition) is 5. The van der Waals surface area contributed by atoms with Gasteiger partial charge in [-0.3, -0.25) is 9.69 Å². The highest BCUT2D eigenvalue weighted by molar-refractivity contribution is 8.18. The average Bonchev–Trinajstić information content (AvgIpc) is 3.59. The number of thioether (sulfide) groups is 1. The summed E-state index contributed by atoms with van der Waals surface area (Å²) in [6.07, 6.45) is 5.69. The molecule has 172 valence electrons. The van der Waals surface area contributed by atoms with Crippen molar-refractivity contribution < 1.29 is 19.4 Å². The summed E-state index contributed by atoms with van der Waals surface area (Å²) in [6.45, 7) is 1.20. The van der Waals surface area contributed by atoms with Crippen LogP contribution >= 0.6 is 11.8 Å². The molecule has 2 saturated heterocycles. The third-order valence-electron chi connectivity index (χ3n) is 5.73. The molecule has 3 aromatic rings. The summed E-state index contributed by atoms with van der Waals surface area (Å²) in [5, 5.41) is 9.80. The molecule has 1 amide bonds. The van der Waals surface area contributed by atoms with Crippen LogP contribution in [0.2, 0.25) is 0 Å². The van der Waals surface area contributed by atoms with Crippen molar-refractivity contribution in [3.63, 3.8) is 0 Å². The number of aromatic carboxylic acids is 1. The van der Waals surface area contributed by atoms with Crippen molar-refractivity contribution in [1.29, 1.82) is 0 Å². The molecule has 2 aliphatic heterocycles. The van der Waals surface area contributed by atoms with Gasteiger partial charge in [-0.25, -0.2) is 9.79 Å². The van der Waals surface area contributed by atoms with Gasteiger partial charge in [-0.05, 0) is 79.2 Å². The van der Waals surface area contributed by atoms with E-state index >= 15 is 0 Å².